The van der Waals surface area contributed by atoms with Crippen molar-refractivity contribution in [2.24, 2.45) is 11.8 Å². The Labute approximate surface area is 143 Å². The molecule has 0 saturated heterocycles. The van der Waals surface area contributed by atoms with Gasteiger partial charge in [0.2, 0.25) is 5.91 Å². The number of hydrogen-bond donors (Lipinski definition) is 2. The molecule has 1 amide bonds. The second kappa shape index (κ2) is 7.00. The number of amides is 1. The summed E-state index contributed by atoms with van der Waals surface area (Å²) in [5.74, 6) is -4.42. The first-order valence-corrected chi connectivity index (χ1v) is 7.37. The number of carboxylic acid groups (broad SMARTS) is 1. The van der Waals surface area contributed by atoms with E-state index >= 15 is 0 Å². The number of benzene rings is 1. The number of aliphatic carboxylic acids is 1. The average Bonchev–Trinajstić information content (AvgIpc) is 2.52. The Balaban J connectivity index is 2.34. The highest BCUT2D eigenvalue weighted by molar-refractivity contribution is 5.95. The van der Waals surface area contributed by atoms with Crippen molar-refractivity contribution in [1.82, 2.24) is 0 Å². The third-order valence-electron chi connectivity index (χ3n) is 3.94. The Morgan fingerprint density at radius 3 is 1.77 bits per heavy atom. The molecule has 1 aliphatic rings. The zero-order valence-corrected chi connectivity index (χ0v) is 13.0. The number of carbonyl (C=O) groups is 2. The zero-order valence-electron chi connectivity index (χ0n) is 13.0. The van der Waals surface area contributed by atoms with E-state index in [1.807, 2.05) is 5.32 Å². The van der Waals surface area contributed by atoms with Crippen LogP contribution < -0.4 is 5.32 Å². The average molecular weight is 381 g/mol. The van der Waals surface area contributed by atoms with Crippen LogP contribution in [-0.4, -0.2) is 17.0 Å². The molecule has 0 fully saturated rings. The summed E-state index contributed by atoms with van der Waals surface area (Å²) < 4.78 is 77.0. The lowest BCUT2D eigenvalue weighted by atomic mass is 9.82. The van der Waals surface area contributed by atoms with Crippen LogP contribution in [0.25, 0.3) is 0 Å². The van der Waals surface area contributed by atoms with Crippen LogP contribution in [-0.2, 0) is 21.9 Å². The lowest BCUT2D eigenvalue weighted by Gasteiger charge is -2.24. The molecule has 0 aliphatic heterocycles. The van der Waals surface area contributed by atoms with Gasteiger partial charge in [0, 0.05) is 5.69 Å². The molecule has 0 radical (unpaired) electrons. The summed E-state index contributed by atoms with van der Waals surface area (Å²) in [6.45, 7) is 0. The number of halogens is 6. The minimum atomic E-state index is -5.04. The van der Waals surface area contributed by atoms with Crippen molar-refractivity contribution in [3.8, 4) is 0 Å². The summed E-state index contributed by atoms with van der Waals surface area (Å²) in [6.07, 6.45) is -6.93. The predicted octanol–water partition coefficient (Wildman–Crippen LogP) is 4.33. The minimum Gasteiger partial charge on any atom is -0.481 e. The predicted molar refractivity (Wildman–Crippen MR) is 78.1 cm³/mol. The minimum absolute atomic E-state index is 0.0217. The molecule has 2 rings (SSSR count). The van der Waals surface area contributed by atoms with Gasteiger partial charge in [-0.3, -0.25) is 9.59 Å². The van der Waals surface area contributed by atoms with Crippen LogP contribution in [0.2, 0.25) is 0 Å². The molecule has 142 valence electrons. The van der Waals surface area contributed by atoms with E-state index in [2.05, 4.69) is 0 Å². The van der Waals surface area contributed by atoms with Crippen LogP contribution >= 0.6 is 0 Å². The van der Waals surface area contributed by atoms with Crippen molar-refractivity contribution in [2.45, 2.75) is 25.2 Å². The fourth-order valence-corrected chi connectivity index (χ4v) is 2.64. The molecule has 0 aromatic heterocycles. The van der Waals surface area contributed by atoms with Gasteiger partial charge in [-0.25, -0.2) is 0 Å². The van der Waals surface area contributed by atoms with Crippen LogP contribution in [0.15, 0.2) is 30.4 Å². The second-order valence-corrected chi connectivity index (χ2v) is 5.78. The highest BCUT2D eigenvalue weighted by atomic mass is 19.4. The van der Waals surface area contributed by atoms with Gasteiger partial charge in [0.15, 0.2) is 0 Å². The van der Waals surface area contributed by atoms with E-state index in [0.717, 1.165) is 0 Å². The first-order chi connectivity index (χ1) is 11.9. The molecule has 0 spiro atoms. The molecule has 2 atom stereocenters. The highest BCUT2D eigenvalue weighted by Crippen LogP contribution is 2.38. The van der Waals surface area contributed by atoms with Gasteiger partial charge in [-0.1, -0.05) is 12.2 Å². The molecule has 26 heavy (non-hydrogen) atoms. The monoisotopic (exact) mass is 381 g/mol. The molecule has 0 heterocycles. The van der Waals surface area contributed by atoms with Crippen LogP contribution in [0.1, 0.15) is 24.0 Å². The molecule has 2 N–H and O–H groups in total. The van der Waals surface area contributed by atoms with E-state index in [-0.39, 0.29) is 18.9 Å². The van der Waals surface area contributed by atoms with Crippen molar-refractivity contribution in [1.29, 1.82) is 0 Å². The highest BCUT2D eigenvalue weighted by Gasteiger charge is 2.38. The van der Waals surface area contributed by atoms with Gasteiger partial charge in [-0.05, 0) is 31.0 Å². The third-order valence-corrected chi connectivity index (χ3v) is 3.94. The number of hydrogen-bond acceptors (Lipinski definition) is 2. The summed E-state index contributed by atoms with van der Waals surface area (Å²) in [4.78, 5) is 23.4. The Kier molecular flexibility index (Phi) is 5.33. The van der Waals surface area contributed by atoms with Crippen molar-refractivity contribution in [2.75, 3.05) is 5.32 Å². The maximum absolute atomic E-state index is 12.8. The molecule has 10 heteroatoms. The van der Waals surface area contributed by atoms with Gasteiger partial charge < -0.3 is 10.4 Å². The molecular formula is C16H13F6NO3. The number of rotatable bonds is 3. The Hall–Kier alpha value is -2.52. The second-order valence-electron chi connectivity index (χ2n) is 5.78. The maximum atomic E-state index is 12.8. The number of anilines is 1. The molecule has 1 aromatic carbocycles. The van der Waals surface area contributed by atoms with Gasteiger partial charge in [0.1, 0.15) is 0 Å². The number of carbonyl (C=O) groups excluding carboxylic acids is 1. The lowest BCUT2D eigenvalue weighted by molar-refractivity contribution is -0.146. The van der Waals surface area contributed by atoms with E-state index in [4.69, 9.17) is 5.11 Å². The van der Waals surface area contributed by atoms with E-state index in [9.17, 15) is 35.9 Å². The van der Waals surface area contributed by atoms with Crippen molar-refractivity contribution >= 4 is 17.6 Å². The molecule has 4 nitrogen and oxygen atoms in total. The first-order valence-electron chi connectivity index (χ1n) is 7.37. The zero-order chi connectivity index (χ0) is 19.7. The van der Waals surface area contributed by atoms with Crippen LogP contribution in [0, 0.1) is 11.8 Å². The van der Waals surface area contributed by atoms with Crippen molar-refractivity contribution < 1.29 is 41.0 Å². The number of carboxylic acids is 1. The SMILES string of the molecule is O=C(O)C1CC=CCC1C(=O)Nc1cc(C(F)(F)F)cc(C(F)(F)F)c1. The Morgan fingerprint density at radius 1 is 0.885 bits per heavy atom. The maximum Gasteiger partial charge on any atom is 0.416 e. The van der Waals surface area contributed by atoms with E-state index in [1.54, 1.807) is 6.08 Å². The van der Waals surface area contributed by atoms with Gasteiger partial charge >= 0.3 is 18.3 Å². The van der Waals surface area contributed by atoms with Crippen LogP contribution in [0.4, 0.5) is 32.0 Å². The van der Waals surface area contributed by atoms with Crippen LogP contribution in [0.5, 0.6) is 0 Å². The van der Waals surface area contributed by atoms with E-state index in [0.29, 0.717) is 12.1 Å². The Bertz CT molecular complexity index is 706. The number of alkyl halides is 6. The molecule has 1 aromatic rings. The fraction of sp³-hybridized carbons (Fsp3) is 0.375. The number of allylic oxidation sites excluding steroid dienone is 2. The summed E-state index contributed by atoms with van der Waals surface area (Å²) in [5.41, 5.74) is -3.84. The number of nitrogens with one attached hydrogen (secondary N) is 1. The summed E-state index contributed by atoms with van der Waals surface area (Å²) in [6, 6.07) is 0.697. The van der Waals surface area contributed by atoms with Gasteiger partial charge in [0.25, 0.3) is 0 Å². The molecular weight excluding hydrogens is 368 g/mol. The largest absolute Gasteiger partial charge is 0.481 e. The molecule has 1 aliphatic carbocycles. The van der Waals surface area contributed by atoms with Gasteiger partial charge in [0.05, 0.1) is 23.0 Å². The summed E-state index contributed by atoms with van der Waals surface area (Å²) >= 11 is 0. The first kappa shape index (κ1) is 19.8. The molecule has 0 bridgehead atoms. The van der Waals surface area contributed by atoms with Crippen molar-refractivity contribution in [3.63, 3.8) is 0 Å². The van der Waals surface area contributed by atoms with Gasteiger partial charge in [-0.15, -0.1) is 0 Å². The summed E-state index contributed by atoms with van der Waals surface area (Å²) in [7, 11) is 0. The standard InChI is InChI=1S/C16H13F6NO3/c17-15(18,19)8-5-9(16(20,21)22)7-10(6-8)23-13(24)11-3-1-2-4-12(11)14(25)26/h1-2,5-7,11-12H,3-4H2,(H,23,24)(H,25,26). The topological polar surface area (TPSA) is 66.4 Å². The van der Waals surface area contributed by atoms with E-state index in [1.165, 1.54) is 6.08 Å². The fourth-order valence-electron chi connectivity index (χ4n) is 2.64. The normalized spacial score (nSPS) is 20.7. The smallest absolute Gasteiger partial charge is 0.416 e. The van der Waals surface area contributed by atoms with E-state index < -0.39 is 52.9 Å². The molecule has 2 unspecified atom stereocenters. The molecule has 0 saturated carbocycles. The van der Waals surface area contributed by atoms with Gasteiger partial charge in [-0.2, -0.15) is 26.3 Å². The quantitative estimate of drug-likeness (QED) is 0.605. The van der Waals surface area contributed by atoms with Crippen molar-refractivity contribution in [3.05, 3.63) is 41.5 Å². The third kappa shape index (κ3) is 4.55. The lowest BCUT2D eigenvalue weighted by Crippen LogP contribution is -2.34. The van der Waals surface area contributed by atoms with Crippen LogP contribution in [0.3, 0.4) is 0 Å². The Morgan fingerprint density at radius 2 is 1.35 bits per heavy atom. The summed E-state index contributed by atoms with van der Waals surface area (Å²) in [5, 5.41) is 11.1.